The third-order valence-corrected chi connectivity index (χ3v) is 3.81. The fourth-order valence-electron chi connectivity index (χ4n) is 2.23. The van der Waals surface area contributed by atoms with Crippen LogP contribution in [0.1, 0.15) is 30.6 Å². The number of halogens is 1. The quantitative estimate of drug-likeness (QED) is 0.654. The first-order valence-electron chi connectivity index (χ1n) is 6.79. The van der Waals surface area contributed by atoms with E-state index in [-0.39, 0.29) is 18.2 Å². The second-order valence-electron chi connectivity index (χ2n) is 5.49. The molecule has 5 nitrogen and oxygen atoms in total. The molecule has 0 saturated carbocycles. The number of ketones is 1. The van der Waals surface area contributed by atoms with Crippen molar-refractivity contribution in [1.29, 1.82) is 0 Å². The van der Waals surface area contributed by atoms with Crippen LogP contribution < -0.4 is 5.32 Å². The SMILES string of the molecule is CC(C)C[C@H]1NC(=O)N(CC(=O)c2ccc(Br)cc2)C1=O. The second kappa shape index (κ2) is 6.39. The lowest BCUT2D eigenvalue weighted by atomic mass is 10.0. The highest BCUT2D eigenvalue weighted by Crippen LogP contribution is 2.16. The molecule has 0 unspecified atom stereocenters. The number of carbonyl (C=O) groups is 3. The van der Waals surface area contributed by atoms with Gasteiger partial charge in [-0.1, -0.05) is 41.9 Å². The van der Waals surface area contributed by atoms with Gasteiger partial charge in [0.05, 0.1) is 6.54 Å². The van der Waals surface area contributed by atoms with Crippen LogP contribution in [0.5, 0.6) is 0 Å². The maximum Gasteiger partial charge on any atom is 0.325 e. The van der Waals surface area contributed by atoms with Crippen LogP contribution in [0.4, 0.5) is 4.79 Å². The summed E-state index contributed by atoms with van der Waals surface area (Å²) in [4.78, 5) is 37.1. The van der Waals surface area contributed by atoms with Crippen molar-refractivity contribution < 1.29 is 14.4 Å². The van der Waals surface area contributed by atoms with Crippen LogP contribution in [0.3, 0.4) is 0 Å². The van der Waals surface area contributed by atoms with Gasteiger partial charge in [-0.15, -0.1) is 0 Å². The molecule has 1 saturated heterocycles. The minimum absolute atomic E-state index is 0.221. The molecule has 1 heterocycles. The number of amides is 3. The number of hydrogen-bond acceptors (Lipinski definition) is 3. The van der Waals surface area contributed by atoms with E-state index in [0.29, 0.717) is 17.9 Å². The van der Waals surface area contributed by atoms with Crippen LogP contribution >= 0.6 is 15.9 Å². The van der Waals surface area contributed by atoms with E-state index in [1.807, 2.05) is 13.8 Å². The van der Waals surface area contributed by atoms with Gasteiger partial charge in [-0.3, -0.25) is 14.5 Å². The molecular formula is C15H17BrN2O3. The Hall–Kier alpha value is -1.69. The Morgan fingerprint density at radius 2 is 1.90 bits per heavy atom. The van der Waals surface area contributed by atoms with E-state index in [4.69, 9.17) is 0 Å². The Morgan fingerprint density at radius 1 is 1.29 bits per heavy atom. The molecule has 1 aliphatic heterocycles. The molecular weight excluding hydrogens is 336 g/mol. The highest BCUT2D eigenvalue weighted by Gasteiger charge is 2.38. The van der Waals surface area contributed by atoms with E-state index in [1.165, 1.54) is 0 Å². The summed E-state index contributed by atoms with van der Waals surface area (Å²) in [5, 5.41) is 2.63. The molecule has 21 heavy (non-hydrogen) atoms. The zero-order valence-electron chi connectivity index (χ0n) is 11.9. The number of rotatable bonds is 5. The summed E-state index contributed by atoms with van der Waals surface area (Å²) in [6.07, 6.45) is 0.577. The summed E-state index contributed by atoms with van der Waals surface area (Å²) in [5.74, 6) is -0.281. The first kappa shape index (κ1) is 15.7. The number of urea groups is 1. The number of nitrogens with zero attached hydrogens (tertiary/aromatic N) is 1. The molecule has 1 aromatic rings. The first-order chi connectivity index (χ1) is 9.88. The number of imide groups is 1. The third-order valence-electron chi connectivity index (χ3n) is 3.28. The van der Waals surface area contributed by atoms with Crippen LogP contribution in [0.15, 0.2) is 28.7 Å². The molecule has 3 amide bonds. The van der Waals surface area contributed by atoms with Gasteiger partial charge in [-0.05, 0) is 24.5 Å². The standard InChI is InChI=1S/C15H17BrN2O3/c1-9(2)7-12-14(20)18(15(21)17-12)8-13(19)10-3-5-11(16)6-4-10/h3-6,9,12H,7-8H2,1-2H3,(H,17,21)/t12-/m1/s1. The van der Waals surface area contributed by atoms with E-state index in [9.17, 15) is 14.4 Å². The lowest BCUT2D eigenvalue weighted by Gasteiger charge is -2.13. The molecule has 6 heteroatoms. The van der Waals surface area contributed by atoms with Gasteiger partial charge in [0, 0.05) is 10.0 Å². The summed E-state index contributed by atoms with van der Waals surface area (Å²) >= 11 is 3.29. The Bertz CT molecular complexity index is 569. The first-order valence-corrected chi connectivity index (χ1v) is 7.58. The van der Waals surface area contributed by atoms with Gasteiger partial charge >= 0.3 is 6.03 Å². The molecule has 1 aromatic carbocycles. The van der Waals surface area contributed by atoms with Crippen LogP contribution in [0.25, 0.3) is 0 Å². The van der Waals surface area contributed by atoms with Gasteiger partial charge in [0.1, 0.15) is 6.04 Å². The largest absolute Gasteiger partial charge is 0.326 e. The average molecular weight is 353 g/mol. The van der Waals surface area contributed by atoms with Crippen molar-refractivity contribution >= 4 is 33.7 Å². The molecule has 1 aliphatic rings. The second-order valence-corrected chi connectivity index (χ2v) is 6.40. The molecule has 0 aliphatic carbocycles. The molecule has 0 spiro atoms. The van der Waals surface area contributed by atoms with Crippen molar-refractivity contribution in [2.45, 2.75) is 26.3 Å². The molecule has 112 valence electrons. The van der Waals surface area contributed by atoms with Crippen molar-refractivity contribution in [2.24, 2.45) is 5.92 Å². The predicted octanol–water partition coefficient (Wildman–Crippen LogP) is 2.60. The minimum Gasteiger partial charge on any atom is -0.326 e. The zero-order chi connectivity index (χ0) is 15.6. The van der Waals surface area contributed by atoms with Gasteiger partial charge in [-0.2, -0.15) is 0 Å². The summed E-state index contributed by atoms with van der Waals surface area (Å²) in [6, 6.07) is 5.82. The molecule has 2 rings (SSSR count). The number of nitrogens with one attached hydrogen (secondary N) is 1. The Kier molecular flexibility index (Phi) is 4.77. The van der Waals surface area contributed by atoms with Crippen LogP contribution in [0, 0.1) is 5.92 Å². The molecule has 0 radical (unpaired) electrons. The normalized spacial score (nSPS) is 18.3. The predicted molar refractivity (Wildman–Crippen MR) is 82.0 cm³/mol. The monoisotopic (exact) mass is 352 g/mol. The van der Waals surface area contributed by atoms with Gasteiger partial charge in [-0.25, -0.2) is 4.79 Å². The molecule has 1 fully saturated rings. The highest BCUT2D eigenvalue weighted by atomic mass is 79.9. The van der Waals surface area contributed by atoms with Gasteiger partial charge < -0.3 is 5.32 Å². The number of carbonyl (C=O) groups excluding carboxylic acids is 3. The molecule has 0 aromatic heterocycles. The fourth-order valence-corrected chi connectivity index (χ4v) is 2.49. The zero-order valence-corrected chi connectivity index (χ0v) is 13.5. The summed E-state index contributed by atoms with van der Waals surface area (Å²) in [7, 11) is 0. The third kappa shape index (κ3) is 3.69. The van der Waals surface area contributed by atoms with Gasteiger partial charge in [0.2, 0.25) is 0 Å². The maximum atomic E-state index is 12.2. The molecule has 0 bridgehead atoms. The van der Waals surface area contributed by atoms with Crippen molar-refractivity contribution in [3.8, 4) is 0 Å². The van der Waals surface area contributed by atoms with Crippen molar-refractivity contribution in [3.05, 3.63) is 34.3 Å². The number of Topliss-reactive ketones (excluding diaryl/α,β-unsaturated/α-hetero) is 1. The number of hydrogen-bond donors (Lipinski definition) is 1. The van der Waals surface area contributed by atoms with Gasteiger partial charge in [0.15, 0.2) is 5.78 Å². The summed E-state index contributed by atoms with van der Waals surface area (Å²) < 4.78 is 0.867. The smallest absolute Gasteiger partial charge is 0.325 e. The van der Waals surface area contributed by atoms with E-state index < -0.39 is 12.1 Å². The van der Waals surface area contributed by atoms with Crippen LogP contribution in [-0.2, 0) is 4.79 Å². The van der Waals surface area contributed by atoms with Crippen molar-refractivity contribution in [3.63, 3.8) is 0 Å². The number of benzene rings is 1. The van der Waals surface area contributed by atoms with Crippen molar-refractivity contribution in [2.75, 3.05) is 6.54 Å². The molecule has 1 atom stereocenters. The Balaban J connectivity index is 2.05. The topological polar surface area (TPSA) is 66.5 Å². The van der Waals surface area contributed by atoms with Crippen LogP contribution in [-0.4, -0.2) is 35.2 Å². The van der Waals surface area contributed by atoms with Gasteiger partial charge in [0.25, 0.3) is 5.91 Å². The van der Waals surface area contributed by atoms with E-state index >= 15 is 0 Å². The summed E-state index contributed by atoms with van der Waals surface area (Å²) in [5.41, 5.74) is 0.478. The van der Waals surface area contributed by atoms with Crippen LogP contribution in [0.2, 0.25) is 0 Å². The lowest BCUT2D eigenvalue weighted by Crippen LogP contribution is -2.36. The van der Waals surface area contributed by atoms with E-state index in [1.54, 1.807) is 24.3 Å². The van der Waals surface area contributed by atoms with E-state index in [2.05, 4.69) is 21.2 Å². The van der Waals surface area contributed by atoms with Crippen molar-refractivity contribution in [1.82, 2.24) is 10.2 Å². The highest BCUT2D eigenvalue weighted by molar-refractivity contribution is 9.10. The fraction of sp³-hybridized carbons (Fsp3) is 0.400. The van der Waals surface area contributed by atoms with E-state index in [0.717, 1.165) is 9.37 Å². The Morgan fingerprint density at radius 3 is 2.48 bits per heavy atom. The lowest BCUT2D eigenvalue weighted by molar-refractivity contribution is -0.127. The minimum atomic E-state index is -0.518. The maximum absolute atomic E-state index is 12.2. The summed E-state index contributed by atoms with van der Waals surface area (Å²) in [6.45, 7) is 3.74. The average Bonchev–Trinajstić information content (AvgIpc) is 2.66. The molecule has 1 N–H and O–H groups in total. The Labute approximate surface area is 131 Å².